The number of nitrogens with zero attached hydrogens (tertiary/aromatic N) is 6. The summed E-state index contributed by atoms with van der Waals surface area (Å²) >= 11 is 0. The molecule has 0 aliphatic heterocycles. The van der Waals surface area contributed by atoms with Gasteiger partial charge < -0.3 is 18.8 Å². The van der Waals surface area contributed by atoms with E-state index in [9.17, 15) is 10.2 Å². The summed E-state index contributed by atoms with van der Waals surface area (Å²) in [6.07, 6.45) is 30.1. The minimum atomic E-state index is -2.36. The fourth-order valence-electron chi connectivity index (χ4n) is 6.36. The first kappa shape index (κ1) is 83.7. The zero-order valence-electron chi connectivity index (χ0n) is 36.1. The summed E-state index contributed by atoms with van der Waals surface area (Å²) in [5, 5.41) is 45.6. The maximum Gasteiger partial charge on any atom is 1.00 e. The predicted octanol–water partition coefficient (Wildman–Crippen LogP) is 5.47. The van der Waals surface area contributed by atoms with Crippen LogP contribution in [0.1, 0.15) is 173 Å². The first-order valence-electron chi connectivity index (χ1n) is 19.1. The van der Waals surface area contributed by atoms with Crippen LogP contribution in [-0.4, -0.2) is 80.0 Å². The molecule has 9 nitrogen and oxygen atoms in total. The fourth-order valence-corrected chi connectivity index (χ4v) is 19.1. The van der Waals surface area contributed by atoms with Gasteiger partial charge in [-0.2, -0.15) is 21.0 Å². The minimum Gasteiger partial charge on any atom is -0.870 e. The van der Waals surface area contributed by atoms with Crippen molar-refractivity contribution in [1.82, 2.24) is 0 Å². The van der Waals surface area contributed by atoms with Gasteiger partial charge in [0.05, 0.1) is 0 Å². The summed E-state index contributed by atoms with van der Waals surface area (Å²) < 4.78 is 0. The van der Waals surface area contributed by atoms with Crippen molar-refractivity contribution in [2.75, 3.05) is 49.3 Å². The molecule has 310 valence electrons. The summed E-state index contributed by atoms with van der Waals surface area (Å²) in [5.74, 6) is 3.77. The predicted molar refractivity (Wildman–Crippen MR) is 238 cm³/mol. The number of rotatable bonds is 25. The molecule has 4 radical (unpaired) electrons. The number of nitriles is 6. The maximum atomic E-state index is 11.6. The van der Waals surface area contributed by atoms with Gasteiger partial charge in [-0.25, -0.2) is 0 Å². The van der Waals surface area contributed by atoms with Gasteiger partial charge in [-0.15, -0.1) is 0 Å². The number of hydrogen-bond acceptors (Lipinski definition) is 8. The van der Waals surface area contributed by atoms with Gasteiger partial charge in [0, 0.05) is 0 Å². The van der Waals surface area contributed by atoms with Gasteiger partial charge in [0.25, 0.3) is 0 Å². The number of hydrogen-bond donors (Lipinski definition) is 1. The molecule has 0 bridgehead atoms. The SMILES string of the molecule is C.C.CCCCP(O)(CCCC)(CCCC)CCCC.CCCCP([B]C#N)(CCCC)(CCCC)CCCC.N#CC#N.N#CC#N.O.[B-]C#N.[K+].[K+].[OH-]. The van der Waals surface area contributed by atoms with Crippen LogP contribution in [0.5, 0.6) is 0 Å². The summed E-state index contributed by atoms with van der Waals surface area (Å²) in [5.41, 5.74) is 0. The van der Waals surface area contributed by atoms with Crippen molar-refractivity contribution in [3.63, 3.8) is 0 Å². The molecule has 15 heteroatoms. The Morgan fingerprint density at radius 2 is 0.618 bits per heavy atom. The van der Waals surface area contributed by atoms with E-state index >= 15 is 0 Å². The molecule has 0 unspecified atom stereocenters. The van der Waals surface area contributed by atoms with E-state index in [4.69, 9.17) is 26.3 Å². The third-order valence-corrected chi connectivity index (χ3v) is 22.1. The van der Waals surface area contributed by atoms with Crippen LogP contribution in [0.4, 0.5) is 0 Å². The van der Waals surface area contributed by atoms with Gasteiger partial charge in [0.2, 0.25) is 0 Å². The molecule has 0 aromatic rings. The van der Waals surface area contributed by atoms with E-state index < -0.39 is 13.3 Å². The third kappa shape index (κ3) is 49.3. The molecular weight excluding hydrogens is 774 g/mol. The Kier molecular flexibility index (Phi) is 90.4. The Morgan fingerprint density at radius 1 is 0.455 bits per heavy atom. The monoisotopic (exact) mass is 859 g/mol. The molecule has 0 saturated carbocycles. The zero-order valence-corrected chi connectivity index (χ0v) is 44.1. The van der Waals surface area contributed by atoms with Gasteiger partial charge in [-0.3, -0.25) is 11.2 Å². The molecule has 0 aliphatic carbocycles. The molecule has 0 fully saturated rings. The molecule has 4 N–H and O–H groups in total. The van der Waals surface area contributed by atoms with Gasteiger partial charge in [0.1, 0.15) is 0 Å². The van der Waals surface area contributed by atoms with Crippen LogP contribution in [-0.2, 0) is 0 Å². The van der Waals surface area contributed by atoms with E-state index in [0.29, 0.717) is 0 Å². The molecule has 55 heavy (non-hydrogen) atoms. The third-order valence-electron chi connectivity index (χ3n) is 9.33. The summed E-state index contributed by atoms with van der Waals surface area (Å²) in [6, 6.07) is 4.94. The van der Waals surface area contributed by atoms with Crippen LogP contribution in [0, 0.1) is 67.8 Å². The van der Waals surface area contributed by atoms with Gasteiger partial charge >= 0.3 is 347 Å². The van der Waals surface area contributed by atoms with Crippen molar-refractivity contribution in [1.29, 1.82) is 31.6 Å². The van der Waals surface area contributed by atoms with Gasteiger partial charge in [-0.05, 0) is 0 Å². The Hall–Kier alpha value is 1.08. The van der Waals surface area contributed by atoms with Crippen molar-refractivity contribution in [2.24, 2.45) is 0 Å². The quantitative estimate of drug-likeness (QED) is 0.0913. The van der Waals surface area contributed by atoms with E-state index in [1.54, 1.807) is 0 Å². The molecular formula is C40H84B2K2N6O3P2. The Bertz CT molecular complexity index is 906. The topological polar surface area (TPSA) is 224 Å². The maximum absolute atomic E-state index is 11.6. The first-order chi connectivity index (χ1) is 23.4. The van der Waals surface area contributed by atoms with E-state index in [1.807, 2.05) is 0 Å². The van der Waals surface area contributed by atoms with E-state index in [1.165, 1.54) is 158 Å². The van der Waals surface area contributed by atoms with Gasteiger partial charge in [0.15, 0.2) is 24.3 Å². The second-order valence-corrected chi connectivity index (χ2v) is 25.2. The molecule has 0 saturated heterocycles. The van der Waals surface area contributed by atoms with Crippen LogP contribution in [0.25, 0.3) is 0 Å². The second kappa shape index (κ2) is 59.4. The summed E-state index contributed by atoms with van der Waals surface area (Å²) in [6.45, 7) is 16.1. The van der Waals surface area contributed by atoms with E-state index in [2.05, 4.69) is 76.2 Å². The minimum absolute atomic E-state index is 0. The average Bonchev–Trinajstić information content (AvgIpc) is 3.13. The Morgan fingerprint density at radius 3 is 0.745 bits per heavy atom. The molecule has 0 amide bonds. The Labute approximate surface area is 430 Å². The van der Waals surface area contributed by atoms with Crippen molar-refractivity contribution >= 4 is 28.2 Å². The van der Waals surface area contributed by atoms with Crippen LogP contribution in [0.15, 0.2) is 0 Å². The molecule has 0 heterocycles. The fraction of sp³-hybridized carbons (Fsp3) is 0.850. The molecule has 0 aromatic heterocycles. The van der Waals surface area contributed by atoms with Crippen molar-refractivity contribution in [3.05, 3.63) is 0 Å². The van der Waals surface area contributed by atoms with E-state index in [-0.39, 0.29) is 129 Å². The van der Waals surface area contributed by atoms with Crippen LogP contribution in [0.3, 0.4) is 0 Å². The van der Waals surface area contributed by atoms with Crippen LogP contribution < -0.4 is 103 Å². The standard InChI is InChI=1S/C17H36BNP.C16H37OP.2C2N2.CBN.2CH4.2K.2H2O/c1-5-9-13-20(18-17-19,14-10-6-2,15-11-7-3)16-12-8-4;1-5-9-13-18(17,14-10-6-2,15-11-7-3)16-12-8-4;2*3-1-2-4;2-1-3;;;;;;/h5-16H2,1-4H3;17H,5-16H2,1-4H3;;;;2*1H4;;;2*1H2/q;;;;-1;;;2*+1;;/p-1. The number of unbranched alkanes of at least 4 members (excludes halogenated alkanes) is 8. The summed E-state index contributed by atoms with van der Waals surface area (Å²) in [7, 11) is 4.15. The van der Waals surface area contributed by atoms with Crippen LogP contribution >= 0.6 is 13.3 Å². The molecule has 0 aliphatic rings. The average molecular weight is 859 g/mol. The van der Waals surface area contributed by atoms with Crippen molar-refractivity contribution in [2.45, 2.75) is 173 Å². The first-order valence-corrected chi connectivity index (χ1v) is 25.0. The molecule has 0 atom stereocenters. The van der Waals surface area contributed by atoms with Crippen molar-refractivity contribution < 1.29 is 119 Å². The smallest absolute Gasteiger partial charge is 0.870 e. The van der Waals surface area contributed by atoms with Crippen LogP contribution in [0.2, 0.25) is 0 Å². The summed E-state index contributed by atoms with van der Waals surface area (Å²) in [4.78, 5) is 11.6. The molecule has 0 spiro atoms. The van der Waals surface area contributed by atoms with E-state index in [0.717, 1.165) is 24.6 Å². The molecule has 0 rings (SSSR count). The zero-order chi connectivity index (χ0) is 38.8. The Balaban J connectivity index is -0.0000000566. The van der Waals surface area contributed by atoms with Gasteiger partial charge in [-0.1, -0.05) is 14.9 Å². The molecule has 0 aromatic carbocycles. The van der Waals surface area contributed by atoms with Crippen molar-refractivity contribution in [3.8, 4) is 36.2 Å². The largest absolute Gasteiger partial charge is 1.00 e. The normalized spacial score (nSPS) is 10.1. The second-order valence-electron chi connectivity index (χ2n) is 13.4.